The van der Waals surface area contributed by atoms with E-state index in [0.717, 1.165) is 19.3 Å². The predicted molar refractivity (Wildman–Crippen MR) is 78.7 cm³/mol. The quantitative estimate of drug-likeness (QED) is 0.838. The first kappa shape index (κ1) is 15.3. The van der Waals surface area contributed by atoms with Crippen molar-refractivity contribution in [2.24, 2.45) is 0 Å². The highest BCUT2D eigenvalue weighted by atomic mass is 32.2. The van der Waals surface area contributed by atoms with Crippen molar-refractivity contribution in [3.63, 3.8) is 0 Å². The van der Waals surface area contributed by atoms with Crippen molar-refractivity contribution in [3.8, 4) is 0 Å². The van der Waals surface area contributed by atoms with Gasteiger partial charge in [-0.2, -0.15) is 11.8 Å². The van der Waals surface area contributed by atoms with E-state index in [1.54, 1.807) is 11.8 Å². The van der Waals surface area contributed by atoms with Crippen LogP contribution in [0.3, 0.4) is 0 Å². The molecule has 2 rings (SSSR count). The Morgan fingerprint density at radius 1 is 1.35 bits per heavy atom. The lowest BCUT2D eigenvalue weighted by Crippen LogP contribution is -2.45. The van der Waals surface area contributed by atoms with Crippen molar-refractivity contribution in [3.05, 3.63) is 29.8 Å². The fourth-order valence-corrected chi connectivity index (χ4v) is 4.24. The average Bonchev–Trinajstić information content (AvgIpc) is 2.38. The molecule has 1 aromatic rings. The number of hydrogen-bond acceptors (Lipinski definition) is 4. The van der Waals surface area contributed by atoms with Crippen LogP contribution in [-0.2, 0) is 10.0 Å². The van der Waals surface area contributed by atoms with Crippen molar-refractivity contribution in [2.75, 3.05) is 12.8 Å². The molecule has 0 atom stereocenters. The Morgan fingerprint density at radius 3 is 2.35 bits per heavy atom. The van der Waals surface area contributed by atoms with Gasteiger partial charge in [-0.25, -0.2) is 17.9 Å². The molecule has 0 heterocycles. The number of rotatable bonds is 6. The van der Waals surface area contributed by atoms with Crippen LogP contribution in [0, 0.1) is 0 Å². The molecule has 0 saturated heterocycles. The van der Waals surface area contributed by atoms with Gasteiger partial charge in [-0.3, -0.25) is 0 Å². The van der Waals surface area contributed by atoms with Crippen LogP contribution in [0.4, 0.5) is 0 Å². The molecule has 1 aliphatic rings. The molecule has 1 fully saturated rings. The number of hydrogen-bond donors (Lipinski definition) is 2. The molecule has 0 bridgehead atoms. The second-order valence-corrected chi connectivity index (χ2v) is 7.94. The molecule has 1 saturated carbocycles. The van der Waals surface area contributed by atoms with Gasteiger partial charge in [0.05, 0.1) is 10.5 Å². The summed E-state index contributed by atoms with van der Waals surface area (Å²) >= 11 is 1.70. The summed E-state index contributed by atoms with van der Waals surface area (Å²) in [5.41, 5.74) is 0.0727. The van der Waals surface area contributed by atoms with E-state index in [4.69, 9.17) is 5.11 Å². The number of aromatic carboxylic acids is 1. The van der Waals surface area contributed by atoms with Crippen molar-refractivity contribution in [1.29, 1.82) is 0 Å². The van der Waals surface area contributed by atoms with Gasteiger partial charge in [0.25, 0.3) is 0 Å². The van der Waals surface area contributed by atoms with Crippen molar-refractivity contribution >= 4 is 27.8 Å². The zero-order valence-electron chi connectivity index (χ0n) is 11.1. The van der Waals surface area contributed by atoms with Crippen LogP contribution in [-0.4, -0.2) is 37.0 Å². The standard InChI is InChI=1S/C13H17NO4S2/c1-19-13(7-2-8-13)9-14-20(17,18)11-5-3-10(4-6-11)12(15)16/h3-6,14H,2,7-9H2,1H3,(H,15,16). The van der Waals surface area contributed by atoms with Gasteiger partial charge in [0.1, 0.15) is 0 Å². The van der Waals surface area contributed by atoms with Gasteiger partial charge in [-0.1, -0.05) is 6.42 Å². The molecule has 2 N–H and O–H groups in total. The lowest BCUT2D eigenvalue weighted by atomic mass is 9.84. The lowest BCUT2D eigenvalue weighted by molar-refractivity contribution is 0.0696. The fraction of sp³-hybridized carbons (Fsp3) is 0.462. The highest BCUT2D eigenvalue weighted by molar-refractivity contribution is 8.00. The van der Waals surface area contributed by atoms with E-state index in [1.165, 1.54) is 24.3 Å². The highest BCUT2D eigenvalue weighted by Gasteiger charge is 2.37. The molecule has 110 valence electrons. The maximum Gasteiger partial charge on any atom is 0.335 e. The summed E-state index contributed by atoms with van der Waals surface area (Å²) < 4.78 is 26.9. The molecule has 0 spiro atoms. The van der Waals surface area contributed by atoms with Gasteiger partial charge in [0, 0.05) is 11.3 Å². The summed E-state index contributed by atoms with van der Waals surface area (Å²) in [5.74, 6) is -1.07. The summed E-state index contributed by atoms with van der Waals surface area (Å²) in [7, 11) is -3.58. The maximum absolute atomic E-state index is 12.1. The Morgan fingerprint density at radius 2 is 1.95 bits per heavy atom. The first-order chi connectivity index (χ1) is 9.38. The third-order valence-corrected chi connectivity index (χ3v) is 6.53. The van der Waals surface area contributed by atoms with E-state index in [0.29, 0.717) is 6.54 Å². The molecule has 0 aromatic heterocycles. The van der Waals surface area contributed by atoms with Crippen LogP contribution in [0.15, 0.2) is 29.2 Å². The van der Waals surface area contributed by atoms with Crippen LogP contribution in [0.2, 0.25) is 0 Å². The van der Waals surface area contributed by atoms with Crippen LogP contribution >= 0.6 is 11.8 Å². The Labute approximate surface area is 122 Å². The first-order valence-electron chi connectivity index (χ1n) is 6.27. The number of benzene rings is 1. The molecule has 7 heteroatoms. The van der Waals surface area contributed by atoms with E-state index in [2.05, 4.69) is 4.72 Å². The lowest BCUT2D eigenvalue weighted by Gasteiger charge is -2.40. The molecular weight excluding hydrogens is 298 g/mol. The Balaban J connectivity index is 2.08. The SMILES string of the molecule is CSC1(CNS(=O)(=O)c2ccc(C(=O)O)cc2)CCC1. The minimum absolute atomic E-state index is 0.0219. The number of nitrogens with one attached hydrogen (secondary N) is 1. The highest BCUT2D eigenvalue weighted by Crippen LogP contribution is 2.42. The summed E-state index contributed by atoms with van der Waals surface area (Å²) in [5, 5.41) is 8.79. The largest absolute Gasteiger partial charge is 0.478 e. The third-order valence-electron chi connectivity index (χ3n) is 3.69. The smallest absolute Gasteiger partial charge is 0.335 e. The molecule has 0 radical (unpaired) electrons. The Bertz CT molecular complexity index is 586. The number of sulfonamides is 1. The van der Waals surface area contributed by atoms with Gasteiger partial charge in [0.2, 0.25) is 10.0 Å². The topological polar surface area (TPSA) is 83.5 Å². The van der Waals surface area contributed by atoms with Gasteiger partial charge >= 0.3 is 5.97 Å². The monoisotopic (exact) mass is 315 g/mol. The molecule has 20 heavy (non-hydrogen) atoms. The molecule has 5 nitrogen and oxygen atoms in total. The molecule has 1 aromatic carbocycles. The van der Waals surface area contributed by atoms with Crippen molar-refractivity contribution < 1.29 is 18.3 Å². The van der Waals surface area contributed by atoms with Crippen LogP contribution in [0.25, 0.3) is 0 Å². The van der Waals surface area contributed by atoms with Gasteiger partial charge < -0.3 is 5.11 Å². The minimum atomic E-state index is -3.58. The van der Waals surface area contributed by atoms with E-state index < -0.39 is 16.0 Å². The van der Waals surface area contributed by atoms with Crippen molar-refractivity contribution in [1.82, 2.24) is 4.72 Å². The van der Waals surface area contributed by atoms with E-state index in [9.17, 15) is 13.2 Å². The summed E-state index contributed by atoms with van der Waals surface area (Å²) in [6.45, 7) is 0.414. The Hall–Kier alpha value is -1.05. The van der Waals surface area contributed by atoms with Gasteiger partial charge in [-0.05, 0) is 43.4 Å². The fourth-order valence-electron chi connectivity index (χ4n) is 2.11. The number of carbonyl (C=O) groups is 1. The number of carboxylic acid groups (broad SMARTS) is 1. The molecule has 0 unspecified atom stereocenters. The van der Waals surface area contributed by atoms with E-state index in [-0.39, 0.29) is 15.2 Å². The molecule has 1 aliphatic carbocycles. The van der Waals surface area contributed by atoms with Gasteiger partial charge in [-0.15, -0.1) is 0 Å². The van der Waals surface area contributed by atoms with Gasteiger partial charge in [0.15, 0.2) is 0 Å². The first-order valence-corrected chi connectivity index (χ1v) is 8.98. The van der Waals surface area contributed by atoms with E-state index in [1.807, 2.05) is 6.26 Å². The van der Waals surface area contributed by atoms with Crippen LogP contribution in [0.5, 0.6) is 0 Å². The second-order valence-electron chi connectivity index (χ2n) is 4.89. The predicted octanol–water partition coefficient (Wildman–Crippen LogP) is 1.95. The normalized spacial score (nSPS) is 17.4. The molecular formula is C13H17NO4S2. The maximum atomic E-state index is 12.1. The summed E-state index contributed by atoms with van der Waals surface area (Å²) in [6, 6.07) is 5.23. The molecule has 0 aliphatic heterocycles. The zero-order chi connectivity index (χ0) is 14.8. The van der Waals surface area contributed by atoms with Crippen LogP contribution in [0.1, 0.15) is 29.6 Å². The number of thioether (sulfide) groups is 1. The summed E-state index contributed by atoms with van der Waals surface area (Å²) in [4.78, 5) is 10.8. The third kappa shape index (κ3) is 3.16. The zero-order valence-corrected chi connectivity index (χ0v) is 12.8. The minimum Gasteiger partial charge on any atom is -0.478 e. The van der Waals surface area contributed by atoms with Crippen LogP contribution < -0.4 is 4.72 Å². The van der Waals surface area contributed by atoms with E-state index >= 15 is 0 Å². The number of carboxylic acids is 1. The Kier molecular flexibility index (Phi) is 4.41. The average molecular weight is 315 g/mol. The second kappa shape index (κ2) is 5.75. The molecule has 0 amide bonds. The summed E-state index contributed by atoms with van der Waals surface area (Å²) in [6.07, 6.45) is 5.17. The van der Waals surface area contributed by atoms with Crippen molar-refractivity contribution in [2.45, 2.75) is 28.9 Å².